The smallest absolute Gasteiger partial charge is 0.258 e. The van der Waals surface area contributed by atoms with E-state index in [-0.39, 0.29) is 0 Å². The summed E-state index contributed by atoms with van der Waals surface area (Å²) in [6, 6.07) is 23.3. The second-order valence-corrected chi connectivity index (χ2v) is 6.33. The lowest BCUT2D eigenvalue weighted by molar-refractivity contribution is 0.432. The van der Waals surface area contributed by atoms with Gasteiger partial charge in [0, 0.05) is 16.1 Å². The minimum absolute atomic E-state index is 0.434. The third-order valence-corrected chi connectivity index (χ3v) is 4.38. The predicted octanol–water partition coefficient (Wildman–Crippen LogP) is 6.38. The molecule has 0 N–H and O–H groups in total. The average Bonchev–Trinajstić information content (AvgIpc) is 3.12. The molecule has 3 aromatic carbocycles. The highest BCUT2D eigenvalue weighted by molar-refractivity contribution is 6.36. The molecule has 25 heavy (non-hydrogen) atoms. The second kappa shape index (κ2) is 6.71. The maximum Gasteiger partial charge on any atom is 0.258 e. The van der Waals surface area contributed by atoms with E-state index in [9.17, 15) is 0 Å². The van der Waals surface area contributed by atoms with Gasteiger partial charge in [-0.05, 0) is 41.5 Å². The third kappa shape index (κ3) is 3.29. The monoisotopic (exact) mass is 366 g/mol. The van der Waals surface area contributed by atoms with Gasteiger partial charge in [-0.25, -0.2) is 0 Å². The Morgan fingerprint density at radius 1 is 0.720 bits per heavy atom. The summed E-state index contributed by atoms with van der Waals surface area (Å²) in [5.74, 6) is 0.879. The Morgan fingerprint density at radius 3 is 2.12 bits per heavy atom. The maximum atomic E-state index is 6.20. The molecule has 0 bridgehead atoms. The Hall–Kier alpha value is -2.62. The fourth-order valence-corrected chi connectivity index (χ4v) is 3.05. The second-order valence-electron chi connectivity index (χ2n) is 5.49. The molecule has 4 aromatic rings. The molecule has 0 fully saturated rings. The van der Waals surface area contributed by atoms with Gasteiger partial charge in [0.1, 0.15) is 0 Å². The van der Waals surface area contributed by atoms with Gasteiger partial charge in [-0.2, -0.15) is 4.98 Å². The van der Waals surface area contributed by atoms with Crippen LogP contribution >= 0.6 is 23.2 Å². The molecule has 0 saturated carbocycles. The van der Waals surface area contributed by atoms with Crippen LogP contribution in [-0.2, 0) is 0 Å². The molecule has 0 aliphatic rings. The first kappa shape index (κ1) is 15.9. The molecule has 0 amide bonds. The van der Waals surface area contributed by atoms with E-state index in [1.807, 2.05) is 42.5 Å². The summed E-state index contributed by atoms with van der Waals surface area (Å²) in [6.07, 6.45) is 0. The highest BCUT2D eigenvalue weighted by Gasteiger charge is 2.13. The van der Waals surface area contributed by atoms with Crippen molar-refractivity contribution in [2.24, 2.45) is 0 Å². The number of nitrogens with zero attached hydrogens (tertiary/aromatic N) is 2. The molecule has 1 heterocycles. The number of hydrogen-bond donors (Lipinski definition) is 0. The van der Waals surface area contributed by atoms with Gasteiger partial charge in [0.15, 0.2) is 0 Å². The van der Waals surface area contributed by atoms with Gasteiger partial charge in [0.05, 0.1) is 5.02 Å². The minimum atomic E-state index is 0.434. The summed E-state index contributed by atoms with van der Waals surface area (Å²) >= 11 is 12.1. The van der Waals surface area contributed by atoms with Gasteiger partial charge >= 0.3 is 0 Å². The number of aromatic nitrogens is 2. The topological polar surface area (TPSA) is 38.9 Å². The van der Waals surface area contributed by atoms with E-state index in [1.54, 1.807) is 18.2 Å². The highest BCUT2D eigenvalue weighted by Crippen LogP contribution is 2.30. The Bertz CT molecular complexity index is 1010. The van der Waals surface area contributed by atoms with Crippen molar-refractivity contribution >= 4 is 23.2 Å². The van der Waals surface area contributed by atoms with Gasteiger partial charge in [-0.1, -0.05) is 70.8 Å². The van der Waals surface area contributed by atoms with E-state index in [2.05, 4.69) is 22.3 Å². The summed E-state index contributed by atoms with van der Waals surface area (Å²) < 4.78 is 5.38. The molecule has 3 nitrogen and oxygen atoms in total. The quantitative estimate of drug-likeness (QED) is 0.422. The van der Waals surface area contributed by atoms with E-state index in [4.69, 9.17) is 27.7 Å². The Kier molecular flexibility index (Phi) is 4.26. The molecule has 0 radical (unpaired) electrons. The van der Waals surface area contributed by atoms with Crippen LogP contribution in [0.4, 0.5) is 0 Å². The van der Waals surface area contributed by atoms with Gasteiger partial charge in [-0.15, -0.1) is 0 Å². The Balaban J connectivity index is 1.64. The van der Waals surface area contributed by atoms with Crippen LogP contribution in [0.1, 0.15) is 0 Å². The summed E-state index contributed by atoms with van der Waals surface area (Å²) in [7, 11) is 0. The largest absolute Gasteiger partial charge is 0.334 e. The predicted molar refractivity (Wildman–Crippen MR) is 101 cm³/mol. The standard InChI is InChI=1S/C20H12Cl2N2O/c21-16-10-11-17(18(22)12-16)19-23-20(25-24-19)15-8-6-14(7-9-15)13-4-2-1-3-5-13/h1-12H. The van der Waals surface area contributed by atoms with Gasteiger partial charge in [0.25, 0.3) is 5.89 Å². The molecule has 0 atom stereocenters. The number of hydrogen-bond acceptors (Lipinski definition) is 3. The first-order valence-corrected chi connectivity index (χ1v) is 8.41. The van der Waals surface area contributed by atoms with Crippen molar-refractivity contribution in [1.82, 2.24) is 10.1 Å². The van der Waals surface area contributed by atoms with Crippen molar-refractivity contribution in [3.8, 4) is 34.0 Å². The lowest BCUT2D eigenvalue weighted by atomic mass is 10.0. The van der Waals surface area contributed by atoms with Gasteiger partial charge in [-0.3, -0.25) is 0 Å². The van der Waals surface area contributed by atoms with Crippen molar-refractivity contribution in [2.45, 2.75) is 0 Å². The molecular weight excluding hydrogens is 355 g/mol. The highest BCUT2D eigenvalue weighted by atomic mass is 35.5. The van der Waals surface area contributed by atoms with E-state index >= 15 is 0 Å². The lowest BCUT2D eigenvalue weighted by Crippen LogP contribution is -1.83. The molecule has 0 aliphatic heterocycles. The fourth-order valence-electron chi connectivity index (χ4n) is 2.56. The van der Waals surface area contributed by atoms with Crippen molar-refractivity contribution in [3.63, 3.8) is 0 Å². The molecule has 122 valence electrons. The molecule has 1 aromatic heterocycles. The fraction of sp³-hybridized carbons (Fsp3) is 0. The Labute approximate surface area is 154 Å². The number of halogens is 2. The molecule has 0 aliphatic carbocycles. The summed E-state index contributed by atoms with van der Waals surface area (Å²) in [5, 5.41) is 5.07. The van der Waals surface area contributed by atoms with E-state index in [1.165, 1.54) is 0 Å². The van der Waals surface area contributed by atoms with Gasteiger partial charge in [0.2, 0.25) is 5.82 Å². The normalized spacial score (nSPS) is 10.8. The zero-order valence-corrected chi connectivity index (χ0v) is 14.5. The average molecular weight is 367 g/mol. The van der Waals surface area contributed by atoms with Crippen molar-refractivity contribution in [3.05, 3.63) is 82.8 Å². The van der Waals surface area contributed by atoms with E-state index < -0.39 is 0 Å². The van der Waals surface area contributed by atoms with Crippen LogP contribution in [0.3, 0.4) is 0 Å². The van der Waals surface area contributed by atoms with Crippen LogP contribution in [0.2, 0.25) is 10.0 Å². The maximum absolute atomic E-state index is 6.20. The zero-order valence-electron chi connectivity index (χ0n) is 13.0. The number of rotatable bonds is 3. The minimum Gasteiger partial charge on any atom is -0.334 e. The van der Waals surface area contributed by atoms with Crippen LogP contribution in [0.5, 0.6) is 0 Å². The Morgan fingerprint density at radius 2 is 1.40 bits per heavy atom. The molecule has 0 saturated heterocycles. The van der Waals surface area contributed by atoms with Crippen LogP contribution < -0.4 is 0 Å². The molecule has 5 heteroatoms. The van der Waals surface area contributed by atoms with Crippen LogP contribution in [0.15, 0.2) is 77.3 Å². The lowest BCUT2D eigenvalue weighted by Gasteiger charge is -2.01. The molecule has 0 spiro atoms. The van der Waals surface area contributed by atoms with Gasteiger partial charge < -0.3 is 4.52 Å². The first-order chi connectivity index (χ1) is 12.2. The first-order valence-electron chi connectivity index (χ1n) is 7.66. The third-order valence-electron chi connectivity index (χ3n) is 3.84. The molecular formula is C20H12Cl2N2O. The van der Waals surface area contributed by atoms with Crippen molar-refractivity contribution < 1.29 is 4.52 Å². The zero-order chi connectivity index (χ0) is 17.2. The summed E-state index contributed by atoms with van der Waals surface area (Å²) in [5.41, 5.74) is 3.82. The molecule has 0 unspecified atom stereocenters. The SMILES string of the molecule is Clc1ccc(-c2noc(-c3ccc(-c4ccccc4)cc3)n2)c(Cl)c1. The van der Waals surface area contributed by atoms with Crippen LogP contribution in [0.25, 0.3) is 34.0 Å². The van der Waals surface area contributed by atoms with E-state index in [0.29, 0.717) is 27.3 Å². The number of benzene rings is 3. The van der Waals surface area contributed by atoms with E-state index in [0.717, 1.165) is 16.7 Å². The van der Waals surface area contributed by atoms with Crippen molar-refractivity contribution in [2.75, 3.05) is 0 Å². The van der Waals surface area contributed by atoms with Crippen LogP contribution in [0, 0.1) is 0 Å². The summed E-state index contributed by atoms with van der Waals surface area (Å²) in [4.78, 5) is 4.44. The molecule has 4 rings (SSSR count). The summed E-state index contributed by atoms with van der Waals surface area (Å²) in [6.45, 7) is 0. The van der Waals surface area contributed by atoms with Crippen molar-refractivity contribution in [1.29, 1.82) is 0 Å². The van der Waals surface area contributed by atoms with Crippen LogP contribution in [-0.4, -0.2) is 10.1 Å².